The summed E-state index contributed by atoms with van der Waals surface area (Å²) in [7, 11) is 0. The van der Waals surface area contributed by atoms with E-state index in [1.807, 2.05) is 0 Å². The van der Waals surface area contributed by atoms with Crippen molar-refractivity contribution in [2.75, 3.05) is 0 Å². The van der Waals surface area contributed by atoms with E-state index in [2.05, 4.69) is 0 Å². The highest BCUT2D eigenvalue weighted by Gasteiger charge is 2.32. The quantitative estimate of drug-likeness (QED) is 0.627. The summed E-state index contributed by atoms with van der Waals surface area (Å²) in [5.74, 6) is -4.98. The summed E-state index contributed by atoms with van der Waals surface area (Å²) in [4.78, 5) is 0. The molecule has 0 heterocycles. The zero-order chi connectivity index (χ0) is 12.5. The second-order valence-corrected chi connectivity index (χ2v) is 3.19. The first-order valence-electron chi connectivity index (χ1n) is 4.18. The van der Waals surface area contributed by atoms with Crippen LogP contribution in [0.4, 0.5) is 26.3 Å². The number of alkyl halides is 3. The van der Waals surface area contributed by atoms with Crippen LogP contribution in [0.15, 0.2) is 12.1 Å². The second kappa shape index (κ2) is 4.32. The minimum absolute atomic E-state index is 0.532. The average Bonchev–Trinajstić information content (AvgIpc) is 2.11. The average molecular weight is 243 g/mol. The first-order valence-corrected chi connectivity index (χ1v) is 4.18. The van der Waals surface area contributed by atoms with E-state index in [4.69, 9.17) is 5.73 Å². The van der Waals surface area contributed by atoms with Crippen molar-refractivity contribution in [2.45, 2.75) is 18.6 Å². The molecule has 0 saturated carbocycles. The number of hydrogen-bond acceptors (Lipinski definition) is 1. The van der Waals surface area contributed by atoms with E-state index in [1.54, 1.807) is 0 Å². The maximum atomic E-state index is 13.0. The highest BCUT2D eigenvalue weighted by molar-refractivity contribution is 5.23. The fraction of sp³-hybridized carbons (Fsp3) is 0.333. The molecular formula is C9H7F6N. The Balaban J connectivity index is 3.01. The lowest BCUT2D eigenvalue weighted by atomic mass is 10.0. The van der Waals surface area contributed by atoms with Crippen LogP contribution in [0, 0.1) is 17.5 Å². The molecule has 1 aromatic carbocycles. The molecule has 0 unspecified atom stereocenters. The molecular weight excluding hydrogens is 236 g/mol. The third-order valence-corrected chi connectivity index (χ3v) is 1.92. The number of benzene rings is 1. The number of rotatable bonds is 2. The van der Waals surface area contributed by atoms with Crippen LogP contribution in [0.1, 0.15) is 18.0 Å². The van der Waals surface area contributed by atoms with Crippen LogP contribution in [-0.4, -0.2) is 6.18 Å². The Morgan fingerprint density at radius 2 is 1.62 bits per heavy atom. The van der Waals surface area contributed by atoms with Crippen molar-refractivity contribution in [3.05, 3.63) is 35.1 Å². The van der Waals surface area contributed by atoms with Crippen LogP contribution in [0.3, 0.4) is 0 Å². The van der Waals surface area contributed by atoms with E-state index in [-0.39, 0.29) is 0 Å². The van der Waals surface area contributed by atoms with E-state index in [0.717, 1.165) is 0 Å². The summed E-state index contributed by atoms with van der Waals surface area (Å²) < 4.78 is 74.0. The predicted molar refractivity (Wildman–Crippen MR) is 43.9 cm³/mol. The molecule has 16 heavy (non-hydrogen) atoms. The Kier molecular flexibility index (Phi) is 3.47. The summed E-state index contributed by atoms with van der Waals surface area (Å²) in [6, 6.07) is -0.524. The van der Waals surface area contributed by atoms with E-state index in [1.165, 1.54) is 0 Å². The third-order valence-electron chi connectivity index (χ3n) is 1.92. The molecule has 2 N–H and O–H groups in total. The van der Waals surface area contributed by atoms with E-state index >= 15 is 0 Å². The van der Waals surface area contributed by atoms with Gasteiger partial charge in [-0.05, 0) is 6.07 Å². The maximum Gasteiger partial charge on any atom is 0.390 e. The van der Waals surface area contributed by atoms with Gasteiger partial charge in [0.05, 0.1) is 6.42 Å². The number of nitrogens with two attached hydrogens (primary N) is 1. The number of halogens is 6. The topological polar surface area (TPSA) is 26.0 Å². The molecule has 1 nitrogen and oxygen atoms in total. The van der Waals surface area contributed by atoms with Gasteiger partial charge in [-0.2, -0.15) is 13.2 Å². The zero-order valence-electron chi connectivity index (χ0n) is 7.78. The van der Waals surface area contributed by atoms with Gasteiger partial charge in [0.15, 0.2) is 17.5 Å². The Hall–Kier alpha value is -1.24. The molecule has 0 aliphatic carbocycles. The molecule has 1 aromatic rings. The summed E-state index contributed by atoms with van der Waals surface area (Å²) >= 11 is 0. The molecule has 0 aromatic heterocycles. The SMILES string of the molecule is N[C@@H](CC(F)(F)F)c1ccc(F)c(F)c1F. The van der Waals surface area contributed by atoms with Crippen LogP contribution in [0.25, 0.3) is 0 Å². The fourth-order valence-corrected chi connectivity index (χ4v) is 1.19. The van der Waals surface area contributed by atoms with Gasteiger partial charge in [-0.15, -0.1) is 0 Å². The molecule has 0 saturated heterocycles. The second-order valence-electron chi connectivity index (χ2n) is 3.19. The Morgan fingerprint density at radius 3 is 2.12 bits per heavy atom. The monoisotopic (exact) mass is 243 g/mol. The lowest BCUT2D eigenvalue weighted by Gasteiger charge is -2.15. The minimum atomic E-state index is -4.60. The van der Waals surface area contributed by atoms with Crippen molar-refractivity contribution in [1.82, 2.24) is 0 Å². The van der Waals surface area contributed by atoms with E-state index in [0.29, 0.717) is 12.1 Å². The molecule has 0 bridgehead atoms. The van der Waals surface area contributed by atoms with Gasteiger partial charge < -0.3 is 5.73 Å². The van der Waals surface area contributed by atoms with Crippen molar-refractivity contribution in [3.63, 3.8) is 0 Å². The van der Waals surface area contributed by atoms with Crippen molar-refractivity contribution in [3.8, 4) is 0 Å². The van der Waals surface area contributed by atoms with Gasteiger partial charge in [0.2, 0.25) is 0 Å². The van der Waals surface area contributed by atoms with Gasteiger partial charge in [-0.25, -0.2) is 13.2 Å². The lowest BCUT2D eigenvalue weighted by molar-refractivity contribution is -0.138. The van der Waals surface area contributed by atoms with Crippen LogP contribution in [0.2, 0.25) is 0 Å². The summed E-state index contributed by atoms with van der Waals surface area (Å²) in [5.41, 5.74) is 4.35. The van der Waals surface area contributed by atoms with Crippen molar-refractivity contribution < 1.29 is 26.3 Å². The lowest BCUT2D eigenvalue weighted by Crippen LogP contribution is -2.21. The van der Waals surface area contributed by atoms with Crippen LogP contribution < -0.4 is 5.73 Å². The standard InChI is InChI=1S/C9H7F6N/c10-5-2-1-4(7(11)8(5)12)6(16)3-9(13,14)15/h1-2,6H,3,16H2/t6-/m0/s1. The molecule has 1 atom stereocenters. The molecule has 0 amide bonds. The van der Waals surface area contributed by atoms with Crippen LogP contribution in [0.5, 0.6) is 0 Å². The molecule has 1 rings (SSSR count). The van der Waals surface area contributed by atoms with Gasteiger partial charge in [-0.1, -0.05) is 6.07 Å². The summed E-state index contributed by atoms with van der Waals surface area (Å²) in [6.07, 6.45) is -6.11. The summed E-state index contributed by atoms with van der Waals surface area (Å²) in [5, 5.41) is 0. The normalized spacial score (nSPS) is 13.9. The first kappa shape index (κ1) is 12.8. The molecule has 0 fully saturated rings. The maximum absolute atomic E-state index is 13.0. The predicted octanol–water partition coefficient (Wildman–Crippen LogP) is 3.06. The molecule has 0 spiro atoms. The first-order chi connectivity index (χ1) is 7.22. The molecule has 0 aliphatic heterocycles. The molecule has 0 radical (unpaired) electrons. The van der Waals surface area contributed by atoms with Gasteiger partial charge in [-0.3, -0.25) is 0 Å². The molecule has 0 aliphatic rings. The van der Waals surface area contributed by atoms with E-state index in [9.17, 15) is 26.3 Å². The Bertz CT molecular complexity index is 386. The molecule has 7 heteroatoms. The third kappa shape index (κ3) is 2.88. The van der Waals surface area contributed by atoms with Gasteiger partial charge >= 0.3 is 6.18 Å². The smallest absolute Gasteiger partial charge is 0.324 e. The highest BCUT2D eigenvalue weighted by Crippen LogP contribution is 2.30. The highest BCUT2D eigenvalue weighted by atomic mass is 19.4. The van der Waals surface area contributed by atoms with Crippen LogP contribution >= 0.6 is 0 Å². The van der Waals surface area contributed by atoms with Gasteiger partial charge in [0.1, 0.15) is 0 Å². The largest absolute Gasteiger partial charge is 0.390 e. The zero-order valence-corrected chi connectivity index (χ0v) is 7.78. The van der Waals surface area contributed by atoms with Crippen molar-refractivity contribution >= 4 is 0 Å². The van der Waals surface area contributed by atoms with E-state index < -0.39 is 41.7 Å². The molecule has 90 valence electrons. The van der Waals surface area contributed by atoms with Crippen molar-refractivity contribution in [2.24, 2.45) is 5.73 Å². The van der Waals surface area contributed by atoms with Gasteiger partial charge in [0, 0.05) is 11.6 Å². The minimum Gasteiger partial charge on any atom is -0.324 e. The number of hydrogen-bond donors (Lipinski definition) is 1. The Labute approximate surface area is 86.9 Å². The van der Waals surface area contributed by atoms with Crippen molar-refractivity contribution in [1.29, 1.82) is 0 Å². The fourth-order valence-electron chi connectivity index (χ4n) is 1.19. The Morgan fingerprint density at radius 1 is 1.06 bits per heavy atom. The van der Waals surface area contributed by atoms with Crippen LogP contribution in [-0.2, 0) is 0 Å². The van der Waals surface area contributed by atoms with Gasteiger partial charge in [0.25, 0.3) is 0 Å². The summed E-state index contributed by atoms with van der Waals surface area (Å²) in [6.45, 7) is 0.